The molecule has 4 rings (SSSR count). The zero-order valence-corrected chi connectivity index (χ0v) is 18.3. The lowest BCUT2D eigenvalue weighted by Crippen LogP contribution is -2.33. The van der Waals surface area contributed by atoms with E-state index in [4.69, 9.17) is 4.99 Å². The summed E-state index contributed by atoms with van der Waals surface area (Å²) in [6, 6.07) is 10.3. The molecular formula is C27H30N4O. The molecule has 0 saturated heterocycles. The molecule has 5 nitrogen and oxygen atoms in total. The Morgan fingerprint density at radius 3 is 2.69 bits per heavy atom. The van der Waals surface area contributed by atoms with Crippen LogP contribution in [-0.2, 0) is 0 Å². The van der Waals surface area contributed by atoms with E-state index in [0.717, 1.165) is 53.4 Å². The molecule has 164 valence electrons. The van der Waals surface area contributed by atoms with Crippen LogP contribution in [-0.4, -0.2) is 28.5 Å². The van der Waals surface area contributed by atoms with Crippen LogP contribution in [0.4, 0.5) is 0 Å². The van der Waals surface area contributed by atoms with E-state index < -0.39 is 0 Å². The van der Waals surface area contributed by atoms with E-state index in [1.165, 1.54) is 5.57 Å². The highest BCUT2D eigenvalue weighted by Gasteiger charge is 2.38. The summed E-state index contributed by atoms with van der Waals surface area (Å²) >= 11 is 0. The first-order valence-corrected chi connectivity index (χ1v) is 11.0. The highest BCUT2D eigenvalue weighted by atomic mass is 16.5. The van der Waals surface area contributed by atoms with Gasteiger partial charge in [-0.1, -0.05) is 61.2 Å². The Bertz CT molecular complexity index is 1060. The maximum absolute atomic E-state index is 9.35. The van der Waals surface area contributed by atoms with Crippen molar-refractivity contribution >= 4 is 5.84 Å². The average Bonchev–Trinajstić information content (AvgIpc) is 3.45. The predicted molar refractivity (Wildman–Crippen MR) is 131 cm³/mol. The third-order valence-electron chi connectivity index (χ3n) is 6.01. The normalized spacial score (nSPS) is 20.2. The molecule has 0 bridgehead atoms. The number of allylic oxidation sites excluding steroid dienone is 6. The molecule has 1 aromatic rings. The van der Waals surface area contributed by atoms with E-state index in [1.54, 1.807) is 0 Å². The monoisotopic (exact) mass is 426 g/mol. The summed E-state index contributed by atoms with van der Waals surface area (Å²) in [6.45, 7) is 13.0. The molecule has 0 radical (unpaired) electrons. The van der Waals surface area contributed by atoms with E-state index >= 15 is 0 Å². The minimum absolute atomic E-state index is 0.0150. The van der Waals surface area contributed by atoms with E-state index in [2.05, 4.69) is 59.7 Å². The van der Waals surface area contributed by atoms with E-state index in [1.807, 2.05) is 42.5 Å². The van der Waals surface area contributed by atoms with Gasteiger partial charge in [0.25, 0.3) is 0 Å². The van der Waals surface area contributed by atoms with Crippen molar-refractivity contribution in [3.63, 3.8) is 0 Å². The summed E-state index contributed by atoms with van der Waals surface area (Å²) in [6.07, 6.45) is 14.4. The maximum Gasteiger partial charge on any atom is 0.132 e. The summed E-state index contributed by atoms with van der Waals surface area (Å²) in [5, 5.41) is 12.7. The Kier molecular flexibility index (Phi) is 6.57. The molecular weight excluding hydrogens is 396 g/mol. The molecule has 1 aliphatic heterocycles. The van der Waals surface area contributed by atoms with Gasteiger partial charge in [0.1, 0.15) is 5.84 Å². The number of benzene rings is 1. The predicted octanol–water partition coefficient (Wildman–Crippen LogP) is 5.08. The number of fused-ring (bicyclic) bond motifs is 1. The van der Waals surface area contributed by atoms with Crippen LogP contribution >= 0.6 is 0 Å². The Balaban J connectivity index is 1.66. The lowest BCUT2D eigenvalue weighted by atomic mass is 9.94. The fourth-order valence-corrected chi connectivity index (χ4v) is 4.35. The van der Waals surface area contributed by atoms with Gasteiger partial charge in [0.05, 0.1) is 12.1 Å². The Labute approximate surface area is 190 Å². The van der Waals surface area contributed by atoms with Crippen molar-refractivity contribution in [2.45, 2.75) is 31.3 Å². The number of hydrogen-bond acceptors (Lipinski definition) is 5. The quantitative estimate of drug-likeness (QED) is 0.277. The number of nitrogens with zero attached hydrogens (tertiary/aromatic N) is 2. The number of aliphatic imine (C=N–C) groups is 1. The van der Waals surface area contributed by atoms with Gasteiger partial charge in [-0.15, -0.1) is 13.2 Å². The van der Waals surface area contributed by atoms with Crippen molar-refractivity contribution in [3.8, 4) is 0 Å². The van der Waals surface area contributed by atoms with Crippen LogP contribution in [0.2, 0.25) is 0 Å². The van der Waals surface area contributed by atoms with Crippen molar-refractivity contribution < 1.29 is 5.21 Å². The minimum atomic E-state index is -0.0397. The SMILES string of the molecule is C=CCCNC(=C)C1=CC=C2C(C1)N=C(C1=CC=C(NO)C1)N2C(C=C)c1ccccc1. The standard InChI is InChI=1S/C27H30N4O/c1-4-6-16-28-19(3)21-13-15-26-24(18-21)29-27(22-12-14-23(17-22)30-32)31(26)25(5-2)20-10-8-7-9-11-20/h4-5,7-15,24-25,28,30,32H,1-3,6,16-18H2. The molecule has 2 aliphatic carbocycles. The van der Waals surface area contributed by atoms with Crippen LogP contribution in [0.3, 0.4) is 0 Å². The van der Waals surface area contributed by atoms with Gasteiger partial charge in [0, 0.05) is 42.1 Å². The van der Waals surface area contributed by atoms with Gasteiger partial charge in [0.15, 0.2) is 0 Å². The van der Waals surface area contributed by atoms with Gasteiger partial charge >= 0.3 is 0 Å². The van der Waals surface area contributed by atoms with Gasteiger partial charge in [0.2, 0.25) is 0 Å². The van der Waals surface area contributed by atoms with Crippen LogP contribution in [0, 0.1) is 0 Å². The second-order valence-corrected chi connectivity index (χ2v) is 8.07. The maximum atomic E-state index is 9.35. The second kappa shape index (κ2) is 9.71. The second-order valence-electron chi connectivity index (χ2n) is 8.07. The van der Waals surface area contributed by atoms with Crippen LogP contribution in [0.5, 0.6) is 0 Å². The summed E-state index contributed by atoms with van der Waals surface area (Å²) in [4.78, 5) is 7.44. The molecule has 3 aliphatic rings. The summed E-state index contributed by atoms with van der Waals surface area (Å²) in [7, 11) is 0. The fraction of sp³-hybridized carbons (Fsp3) is 0.222. The molecule has 32 heavy (non-hydrogen) atoms. The van der Waals surface area contributed by atoms with Gasteiger partial charge in [-0.05, 0) is 29.7 Å². The summed E-state index contributed by atoms with van der Waals surface area (Å²) in [5.41, 5.74) is 8.54. The van der Waals surface area contributed by atoms with Crippen molar-refractivity contribution in [2.75, 3.05) is 6.54 Å². The zero-order valence-electron chi connectivity index (χ0n) is 18.3. The first-order valence-electron chi connectivity index (χ1n) is 11.0. The molecule has 0 spiro atoms. The molecule has 0 amide bonds. The van der Waals surface area contributed by atoms with Crippen molar-refractivity contribution in [2.24, 2.45) is 4.99 Å². The first-order chi connectivity index (χ1) is 15.7. The Morgan fingerprint density at radius 1 is 1.19 bits per heavy atom. The lowest BCUT2D eigenvalue weighted by Gasteiger charge is -2.33. The largest absolute Gasteiger partial charge is 0.385 e. The number of hydroxylamine groups is 1. The first kappa shape index (κ1) is 21.7. The third kappa shape index (κ3) is 4.25. The number of amidine groups is 1. The van der Waals surface area contributed by atoms with Crippen molar-refractivity contribution in [1.29, 1.82) is 0 Å². The van der Waals surface area contributed by atoms with E-state index in [9.17, 15) is 5.21 Å². The van der Waals surface area contributed by atoms with Crippen LogP contribution in [0.25, 0.3) is 0 Å². The van der Waals surface area contributed by atoms with E-state index in [-0.39, 0.29) is 12.1 Å². The minimum Gasteiger partial charge on any atom is -0.385 e. The highest BCUT2D eigenvalue weighted by molar-refractivity contribution is 6.03. The molecule has 2 unspecified atom stereocenters. The molecule has 1 heterocycles. The van der Waals surface area contributed by atoms with Gasteiger partial charge in [-0.2, -0.15) is 0 Å². The van der Waals surface area contributed by atoms with Gasteiger partial charge in [-0.3, -0.25) is 15.7 Å². The molecule has 1 aromatic carbocycles. The fourth-order valence-electron chi connectivity index (χ4n) is 4.35. The Morgan fingerprint density at radius 2 is 2.00 bits per heavy atom. The van der Waals surface area contributed by atoms with E-state index in [0.29, 0.717) is 6.42 Å². The Hall–Kier alpha value is -3.57. The number of rotatable bonds is 10. The molecule has 5 heteroatoms. The van der Waals surface area contributed by atoms with Crippen LogP contribution < -0.4 is 10.8 Å². The molecule has 2 atom stereocenters. The topological polar surface area (TPSA) is 59.9 Å². The number of hydrogen-bond donors (Lipinski definition) is 3. The zero-order chi connectivity index (χ0) is 22.5. The highest BCUT2D eigenvalue weighted by Crippen LogP contribution is 2.41. The smallest absolute Gasteiger partial charge is 0.132 e. The van der Waals surface area contributed by atoms with Crippen LogP contribution in [0.15, 0.2) is 120 Å². The van der Waals surface area contributed by atoms with Crippen molar-refractivity contribution in [1.82, 2.24) is 15.7 Å². The number of nitrogens with one attached hydrogen (secondary N) is 2. The molecule has 0 aromatic heterocycles. The molecule has 3 N–H and O–H groups in total. The molecule has 0 fully saturated rings. The van der Waals surface area contributed by atoms with Gasteiger partial charge < -0.3 is 10.2 Å². The van der Waals surface area contributed by atoms with Crippen molar-refractivity contribution in [3.05, 3.63) is 120 Å². The third-order valence-corrected chi connectivity index (χ3v) is 6.01. The van der Waals surface area contributed by atoms with Crippen LogP contribution in [0.1, 0.15) is 30.9 Å². The summed E-state index contributed by atoms with van der Waals surface area (Å²) < 4.78 is 0. The summed E-state index contributed by atoms with van der Waals surface area (Å²) in [5.74, 6) is 0.927. The molecule has 0 saturated carbocycles. The lowest BCUT2D eigenvalue weighted by molar-refractivity contribution is 0.198. The van der Waals surface area contributed by atoms with Gasteiger partial charge in [-0.25, -0.2) is 0 Å². The average molecular weight is 427 g/mol.